The summed E-state index contributed by atoms with van der Waals surface area (Å²) in [4.78, 5) is 4.28. The Morgan fingerprint density at radius 2 is 1.95 bits per heavy atom. The van der Waals surface area contributed by atoms with E-state index in [1.807, 2.05) is 18.2 Å². The molecular formula is C17H29N3O. The van der Waals surface area contributed by atoms with Gasteiger partial charge in [0.1, 0.15) is 12.4 Å². The number of rotatable bonds is 8. The third-order valence-electron chi connectivity index (χ3n) is 3.20. The molecule has 0 fully saturated rings. The van der Waals surface area contributed by atoms with Gasteiger partial charge in [-0.15, -0.1) is 0 Å². The average molecular weight is 291 g/mol. The summed E-state index contributed by atoms with van der Waals surface area (Å²) in [6.45, 7) is 10.7. The van der Waals surface area contributed by atoms with Crippen molar-refractivity contribution >= 4 is 5.96 Å². The van der Waals surface area contributed by atoms with Crippen LogP contribution in [0.25, 0.3) is 0 Å². The molecule has 0 heterocycles. The average Bonchev–Trinajstić information content (AvgIpc) is 2.43. The Hall–Kier alpha value is -1.71. The first-order valence-electron chi connectivity index (χ1n) is 7.76. The van der Waals surface area contributed by atoms with Crippen molar-refractivity contribution in [2.24, 2.45) is 16.6 Å². The molecule has 0 aliphatic carbocycles. The van der Waals surface area contributed by atoms with Crippen LogP contribution in [0.5, 0.6) is 5.75 Å². The normalized spacial score (nSPS) is 12.0. The van der Waals surface area contributed by atoms with Gasteiger partial charge in [0.05, 0.1) is 6.54 Å². The molecule has 3 N–H and O–H groups in total. The van der Waals surface area contributed by atoms with Crippen molar-refractivity contribution in [3.05, 3.63) is 29.8 Å². The van der Waals surface area contributed by atoms with E-state index < -0.39 is 0 Å². The largest absolute Gasteiger partial charge is 0.491 e. The lowest BCUT2D eigenvalue weighted by molar-refractivity contribution is 0.318. The molecule has 0 saturated carbocycles. The van der Waals surface area contributed by atoms with E-state index >= 15 is 0 Å². The first kappa shape index (κ1) is 17.3. The maximum Gasteiger partial charge on any atom is 0.188 e. The highest BCUT2D eigenvalue weighted by Gasteiger charge is 2.06. The van der Waals surface area contributed by atoms with Crippen LogP contribution in [0.3, 0.4) is 0 Å². The molecule has 0 radical (unpaired) electrons. The Morgan fingerprint density at radius 3 is 2.62 bits per heavy atom. The summed E-state index contributed by atoms with van der Waals surface area (Å²) in [6, 6.07) is 8.15. The topological polar surface area (TPSA) is 59.6 Å². The number of benzene rings is 1. The lowest BCUT2D eigenvalue weighted by Crippen LogP contribution is -2.35. The van der Waals surface area contributed by atoms with Gasteiger partial charge >= 0.3 is 0 Å². The zero-order valence-electron chi connectivity index (χ0n) is 13.7. The van der Waals surface area contributed by atoms with E-state index in [1.165, 1.54) is 5.56 Å². The fourth-order valence-electron chi connectivity index (χ4n) is 1.93. The number of hydrogen-bond donors (Lipinski definition) is 2. The van der Waals surface area contributed by atoms with Gasteiger partial charge in [-0.3, -0.25) is 4.99 Å². The summed E-state index contributed by atoms with van der Waals surface area (Å²) in [5, 5.41) is 3.08. The monoisotopic (exact) mass is 291 g/mol. The van der Waals surface area contributed by atoms with Crippen LogP contribution >= 0.6 is 0 Å². The fraction of sp³-hybridized carbons (Fsp3) is 0.588. The van der Waals surface area contributed by atoms with Gasteiger partial charge < -0.3 is 15.8 Å². The molecule has 0 aliphatic rings. The molecule has 118 valence electrons. The maximum absolute atomic E-state index is 5.82. The highest BCUT2D eigenvalue weighted by atomic mass is 16.5. The summed E-state index contributed by atoms with van der Waals surface area (Å²) < 4.78 is 5.82. The molecule has 4 heteroatoms. The van der Waals surface area contributed by atoms with Crippen molar-refractivity contribution in [3.63, 3.8) is 0 Å². The highest BCUT2D eigenvalue weighted by molar-refractivity contribution is 5.77. The van der Waals surface area contributed by atoms with Crippen LogP contribution in [0.4, 0.5) is 0 Å². The Kier molecular flexibility index (Phi) is 7.65. The van der Waals surface area contributed by atoms with Crippen LogP contribution in [0.1, 0.15) is 45.6 Å². The summed E-state index contributed by atoms with van der Waals surface area (Å²) in [7, 11) is 0. The van der Waals surface area contributed by atoms with Gasteiger partial charge in [0.25, 0.3) is 0 Å². The van der Waals surface area contributed by atoms with Crippen LogP contribution in [-0.2, 0) is 0 Å². The molecule has 0 aliphatic heterocycles. The Labute approximate surface area is 128 Å². The summed E-state index contributed by atoms with van der Waals surface area (Å²) in [5.41, 5.74) is 7.03. The van der Waals surface area contributed by atoms with Crippen molar-refractivity contribution < 1.29 is 4.74 Å². The number of para-hydroxylation sites is 1. The number of nitrogens with two attached hydrogens (primary N) is 1. The Morgan fingerprint density at radius 1 is 1.24 bits per heavy atom. The molecule has 0 unspecified atom stereocenters. The number of nitrogens with one attached hydrogen (secondary N) is 1. The molecule has 0 bridgehead atoms. The van der Waals surface area contributed by atoms with Gasteiger partial charge in [0.15, 0.2) is 5.96 Å². The molecular weight excluding hydrogens is 262 g/mol. The molecule has 0 spiro atoms. The van der Waals surface area contributed by atoms with Gasteiger partial charge in [-0.05, 0) is 29.9 Å². The van der Waals surface area contributed by atoms with Crippen molar-refractivity contribution in [3.8, 4) is 5.75 Å². The standard InChI is InChI=1S/C17H29N3O/c1-13(2)9-10-19-17(18)20-11-12-21-16-8-6-5-7-15(16)14(3)4/h5-8,13-14H,9-12H2,1-4H3,(H3,18,19,20). The molecule has 1 aromatic carbocycles. The van der Waals surface area contributed by atoms with Crippen LogP contribution in [-0.4, -0.2) is 25.7 Å². The molecule has 0 atom stereocenters. The van der Waals surface area contributed by atoms with E-state index in [1.54, 1.807) is 0 Å². The number of aliphatic imine (C=N–C) groups is 1. The smallest absolute Gasteiger partial charge is 0.188 e. The van der Waals surface area contributed by atoms with Crippen molar-refractivity contribution in [2.45, 2.75) is 40.0 Å². The molecule has 4 nitrogen and oxygen atoms in total. The van der Waals surface area contributed by atoms with E-state index in [4.69, 9.17) is 10.5 Å². The second-order valence-corrected chi connectivity index (χ2v) is 5.92. The van der Waals surface area contributed by atoms with E-state index in [0.717, 1.165) is 18.7 Å². The highest BCUT2D eigenvalue weighted by Crippen LogP contribution is 2.25. The summed E-state index contributed by atoms with van der Waals surface area (Å²) in [6.07, 6.45) is 1.06. The predicted molar refractivity (Wildman–Crippen MR) is 90.0 cm³/mol. The van der Waals surface area contributed by atoms with E-state index in [0.29, 0.717) is 30.9 Å². The van der Waals surface area contributed by atoms with E-state index in [2.05, 4.69) is 44.1 Å². The zero-order chi connectivity index (χ0) is 15.7. The van der Waals surface area contributed by atoms with Gasteiger partial charge in [-0.1, -0.05) is 45.9 Å². The van der Waals surface area contributed by atoms with Crippen LogP contribution in [0, 0.1) is 5.92 Å². The van der Waals surface area contributed by atoms with Crippen molar-refractivity contribution in [2.75, 3.05) is 19.7 Å². The second-order valence-electron chi connectivity index (χ2n) is 5.92. The molecule has 0 saturated heterocycles. The lowest BCUT2D eigenvalue weighted by Gasteiger charge is -2.14. The van der Waals surface area contributed by atoms with Crippen LogP contribution in [0.2, 0.25) is 0 Å². The third kappa shape index (κ3) is 7.02. The number of nitrogens with zero attached hydrogens (tertiary/aromatic N) is 1. The van der Waals surface area contributed by atoms with Crippen molar-refractivity contribution in [1.82, 2.24) is 5.32 Å². The number of ether oxygens (including phenoxy) is 1. The van der Waals surface area contributed by atoms with E-state index in [9.17, 15) is 0 Å². The van der Waals surface area contributed by atoms with Gasteiger partial charge in [0.2, 0.25) is 0 Å². The minimum Gasteiger partial charge on any atom is -0.491 e. The minimum atomic E-state index is 0.455. The van der Waals surface area contributed by atoms with E-state index in [-0.39, 0.29) is 0 Å². The van der Waals surface area contributed by atoms with Gasteiger partial charge in [-0.2, -0.15) is 0 Å². The van der Waals surface area contributed by atoms with Gasteiger partial charge in [0, 0.05) is 6.54 Å². The maximum atomic E-state index is 5.82. The van der Waals surface area contributed by atoms with Crippen molar-refractivity contribution in [1.29, 1.82) is 0 Å². The van der Waals surface area contributed by atoms with Crippen LogP contribution in [0.15, 0.2) is 29.3 Å². The first-order valence-corrected chi connectivity index (χ1v) is 7.76. The zero-order valence-corrected chi connectivity index (χ0v) is 13.7. The minimum absolute atomic E-state index is 0.455. The fourth-order valence-corrected chi connectivity index (χ4v) is 1.93. The molecule has 21 heavy (non-hydrogen) atoms. The first-order chi connectivity index (χ1) is 10.0. The Balaban J connectivity index is 2.31. The SMILES string of the molecule is CC(C)CCN=C(N)NCCOc1ccccc1C(C)C. The molecule has 1 aromatic rings. The second kappa shape index (κ2) is 9.27. The summed E-state index contributed by atoms with van der Waals surface area (Å²) >= 11 is 0. The quantitative estimate of drug-likeness (QED) is 0.439. The van der Waals surface area contributed by atoms with Crippen LogP contribution < -0.4 is 15.8 Å². The molecule has 0 amide bonds. The number of guanidine groups is 1. The number of hydrogen-bond acceptors (Lipinski definition) is 2. The lowest BCUT2D eigenvalue weighted by atomic mass is 10.0. The Bertz CT molecular complexity index is 441. The summed E-state index contributed by atoms with van der Waals surface area (Å²) in [5.74, 6) is 2.55. The molecule has 1 rings (SSSR count). The predicted octanol–water partition coefficient (Wildman–Crippen LogP) is 3.14. The third-order valence-corrected chi connectivity index (χ3v) is 3.20. The van der Waals surface area contributed by atoms with Gasteiger partial charge in [-0.25, -0.2) is 0 Å². The molecule has 0 aromatic heterocycles.